The molecular weight excluding hydrogens is 341 g/mol. The predicted octanol–water partition coefficient (Wildman–Crippen LogP) is 4.41. The number of benzene rings is 2. The van der Waals surface area contributed by atoms with Crippen molar-refractivity contribution < 1.29 is 5.11 Å². The lowest BCUT2D eigenvalue weighted by Gasteiger charge is -2.10. The SMILES string of the molecule is CC(=NNC(=S)Nc1cc(Cl)ccc1Cl)c1ccc(O)cc1. The molecule has 2 rings (SSSR count). The highest BCUT2D eigenvalue weighted by Crippen LogP contribution is 2.25. The van der Waals surface area contributed by atoms with Crippen molar-refractivity contribution in [3.8, 4) is 5.75 Å². The van der Waals surface area contributed by atoms with Crippen molar-refractivity contribution in [3.05, 3.63) is 58.1 Å². The molecule has 22 heavy (non-hydrogen) atoms. The first-order chi connectivity index (χ1) is 10.5. The van der Waals surface area contributed by atoms with Gasteiger partial charge in [-0.2, -0.15) is 5.10 Å². The fraction of sp³-hybridized carbons (Fsp3) is 0.0667. The van der Waals surface area contributed by atoms with Crippen LogP contribution in [0.15, 0.2) is 47.6 Å². The Morgan fingerprint density at radius 3 is 2.50 bits per heavy atom. The number of phenolic OH excluding ortho intramolecular Hbond substituents is 1. The van der Waals surface area contributed by atoms with Gasteiger partial charge in [0.2, 0.25) is 0 Å². The van der Waals surface area contributed by atoms with Gasteiger partial charge in [-0.1, -0.05) is 23.2 Å². The summed E-state index contributed by atoms with van der Waals surface area (Å²) in [6, 6.07) is 11.8. The monoisotopic (exact) mass is 353 g/mol. The highest BCUT2D eigenvalue weighted by molar-refractivity contribution is 7.80. The third-order valence-electron chi connectivity index (χ3n) is 2.79. The van der Waals surface area contributed by atoms with Crippen LogP contribution in [0, 0.1) is 0 Å². The zero-order valence-corrected chi connectivity index (χ0v) is 13.9. The molecule has 114 valence electrons. The molecule has 2 aromatic rings. The molecule has 0 saturated heterocycles. The van der Waals surface area contributed by atoms with E-state index in [1.54, 1.807) is 42.5 Å². The number of hydrogen-bond acceptors (Lipinski definition) is 3. The number of hydrazone groups is 1. The van der Waals surface area contributed by atoms with E-state index >= 15 is 0 Å². The van der Waals surface area contributed by atoms with Crippen LogP contribution in [-0.4, -0.2) is 15.9 Å². The van der Waals surface area contributed by atoms with Gasteiger partial charge in [0, 0.05) is 5.02 Å². The summed E-state index contributed by atoms with van der Waals surface area (Å²) in [6.07, 6.45) is 0. The molecule has 0 saturated carbocycles. The molecule has 4 nitrogen and oxygen atoms in total. The molecule has 0 radical (unpaired) electrons. The second-order valence-electron chi connectivity index (χ2n) is 4.43. The number of halogens is 2. The number of hydrogen-bond donors (Lipinski definition) is 3. The first kappa shape index (κ1) is 16.5. The van der Waals surface area contributed by atoms with E-state index in [1.165, 1.54) is 0 Å². The van der Waals surface area contributed by atoms with Crippen LogP contribution in [0.4, 0.5) is 5.69 Å². The van der Waals surface area contributed by atoms with Gasteiger partial charge in [0.05, 0.1) is 16.4 Å². The molecule has 0 unspecified atom stereocenters. The summed E-state index contributed by atoms with van der Waals surface area (Å²) in [5, 5.41) is 17.7. The van der Waals surface area contributed by atoms with Gasteiger partial charge < -0.3 is 10.4 Å². The number of phenols is 1. The third-order valence-corrected chi connectivity index (χ3v) is 3.54. The Balaban J connectivity index is 2.01. The van der Waals surface area contributed by atoms with Crippen molar-refractivity contribution in [1.29, 1.82) is 0 Å². The minimum atomic E-state index is 0.206. The molecule has 0 aromatic heterocycles. The van der Waals surface area contributed by atoms with Gasteiger partial charge in [-0.25, -0.2) is 0 Å². The lowest BCUT2D eigenvalue weighted by Crippen LogP contribution is -2.25. The maximum atomic E-state index is 9.26. The number of thiocarbonyl (C=S) groups is 1. The Morgan fingerprint density at radius 2 is 1.82 bits per heavy atom. The fourth-order valence-corrected chi connectivity index (χ4v) is 2.14. The summed E-state index contributed by atoms with van der Waals surface area (Å²) in [7, 11) is 0. The van der Waals surface area contributed by atoms with Crippen LogP contribution in [0.2, 0.25) is 10.0 Å². The van der Waals surface area contributed by atoms with Crippen molar-refractivity contribution in [1.82, 2.24) is 5.43 Å². The van der Waals surface area contributed by atoms with Crippen molar-refractivity contribution >= 4 is 51.9 Å². The van der Waals surface area contributed by atoms with Gasteiger partial charge in [-0.05, 0) is 67.2 Å². The molecule has 7 heteroatoms. The predicted molar refractivity (Wildman–Crippen MR) is 96.1 cm³/mol. The minimum absolute atomic E-state index is 0.206. The number of aromatic hydroxyl groups is 1. The quantitative estimate of drug-likeness (QED) is 0.434. The first-order valence-electron chi connectivity index (χ1n) is 6.31. The molecule has 0 amide bonds. The molecule has 3 N–H and O–H groups in total. The molecule has 0 bridgehead atoms. The topological polar surface area (TPSA) is 56.7 Å². The van der Waals surface area contributed by atoms with Crippen molar-refractivity contribution in [2.24, 2.45) is 5.10 Å². The number of anilines is 1. The van der Waals surface area contributed by atoms with E-state index < -0.39 is 0 Å². The Hall–Kier alpha value is -1.82. The standard InChI is InChI=1S/C15H13Cl2N3OS/c1-9(10-2-5-12(21)6-3-10)19-20-15(22)18-14-8-11(16)4-7-13(14)17/h2-8,21H,1H3,(H2,18,20,22). The van der Waals surface area contributed by atoms with Gasteiger partial charge in [0.1, 0.15) is 5.75 Å². The summed E-state index contributed by atoms with van der Waals surface area (Å²) < 4.78 is 0. The van der Waals surface area contributed by atoms with Crippen molar-refractivity contribution in [2.75, 3.05) is 5.32 Å². The maximum Gasteiger partial charge on any atom is 0.191 e. The van der Waals surface area contributed by atoms with E-state index in [2.05, 4.69) is 15.8 Å². The minimum Gasteiger partial charge on any atom is -0.508 e. The first-order valence-corrected chi connectivity index (χ1v) is 7.48. The summed E-state index contributed by atoms with van der Waals surface area (Å²) in [5.41, 5.74) is 4.93. The smallest absolute Gasteiger partial charge is 0.191 e. The lowest BCUT2D eigenvalue weighted by molar-refractivity contribution is 0.475. The average molecular weight is 354 g/mol. The number of nitrogens with zero attached hydrogens (tertiary/aromatic N) is 1. The second-order valence-corrected chi connectivity index (χ2v) is 5.69. The molecule has 0 aliphatic rings. The third kappa shape index (κ3) is 4.59. The van der Waals surface area contributed by atoms with Gasteiger partial charge in [-0.15, -0.1) is 0 Å². The molecule has 0 heterocycles. The van der Waals surface area contributed by atoms with E-state index in [9.17, 15) is 5.11 Å². The van der Waals surface area contributed by atoms with Gasteiger partial charge >= 0.3 is 0 Å². The average Bonchev–Trinajstić information content (AvgIpc) is 2.49. The summed E-state index contributed by atoms with van der Waals surface area (Å²) in [4.78, 5) is 0. The number of nitrogens with one attached hydrogen (secondary N) is 2. The highest BCUT2D eigenvalue weighted by Gasteiger charge is 2.04. The lowest BCUT2D eigenvalue weighted by atomic mass is 10.1. The molecule has 0 fully saturated rings. The Labute approximate surface area is 143 Å². The van der Waals surface area contributed by atoms with E-state index in [1.807, 2.05) is 6.92 Å². The molecule has 0 spiro atoms. The largest absolute Gasteiger partial charge is 0.508 e. The number of rotatable bonds is 3. The van der Waals surface area contributed by atoms with Crippen LogP contribution in [0.25, 0.3) is 0 Å². The van der Waals surface area contributed by atoms with Gasteiger partial charge in [0.15, 0.2) is 5.11 Å². The second kappa shape index (κ2) is 7.45. The van der Waals surface area contributed by atoms with Crippen LogP contribution in [0.3, 0.4) is 0 Å². The van der Waals surface area contributed by atoms with Crippen LogP contribution in [-0.2, 0) is 0 Å². The van der Waals surface area contributed by atoms with Crippen molar-refractivity contribution in [3.63, 3.8) is 0 Å². The van der Waals surface area contributed by atoms with Gasteiger partial charge in [0.25, 0.3) is 0 Å². The Kier molecular flexibility index (Phi) is 5.60. The van der Waals surface area contributed by atoms with Crippen LogP contribution >= 0.6 is 35.4 Å². The van der Waals surface area contributed by atoms with E-state index in [0.717, 1.165) is 11.3 Å². The Morgan fingerprint density at radius 1 is 1.14 bits per heavy atom. The van der Waals surface area contributed by atoms with Crippen molar-refractivity contribution in [2.45, 2.75) is 6.92 Å². The Bertz CT molecular complexity index is 717. The zero-order valence-electron chi connectivity index (χ0n) is 11.6. The van der Waals surface area contributed by atoms with Crippen LogP contribution in [0.1, 0.15) is 12.5 Å². The molecule has 0 atom stereocenters. The fourth-order valence-electron chi connectivity index (χ4n) is 1.65. The van der Waals surface area contributed by atoms with E-state index in [0.29, 0.717) is 20.8 Å². The van der Waals surface area contributed by atoms with Crippen LogP contribution in [0.5, 0.6) is 5.75 Å². The van der Waals surface area contributed by atoms with E-state index in [4.69, 9.17) is 35.4 Å². The van der Waals surface area contributed by atoms with Crippen LogP contribution < -0.4 is 10.7 Å². The molecule has 2 aromatic carbocycles. The summed E-state index contributed by atoms with van der Waals surface area (Å²) in [5.74, 6) is 0.206. The molecule has 0 aliphatic heterocycles. The summed E-state index contributed by atoms with van der Waals surface area (Å²) >= 11 is 17.1. The van der Waals surface area contributed by atoms with Gasteiger partial charge in [-0.3, -0.25) is 5.43 Å². The zero-order chi connectivity index (χ0) is 16.1. The highest BCUT2D eigenvalue weighted by atomic mass is 35.5. The normalized spacial score (nSPS) is 11.1. The maximum absolute atomic E-state index is 9.26. The molecule has 0 aliphatic carbocycles. The summed E-state index contributed by atoms with van der Waals surface area (Å²) in [6.45, 7) is 1.83. The van der Waals surface area contributed by atoms with E-state index in [-0.39, 0.29) is 5.75 Å². The molecular formula is C15H13Cl2N3OS.